The van der Waals surface area contributed by atoms with E-state index < -0.39 is 0 Å². The average Bonchev–Trinajstić information content (AvgIpc) is 2.70. The zero-order valence-corrected chi connectivity index (χ0v) is 14.2. The van der Waals surface area contributed by atoms with Crippen molar-refractivity contribution in [2.75, 3.05) is 13.2 Å². The number of nitrogens with zero attached hydrogens (tertiary/aromatic N) is 2. The molecule has 0 aliphatic carbocycles. The van der Waals surface area contributed by atoms with Gasteiger partial charge in [0.05, 0.1) is 0 Å². The Morgan fingerprint density at radius 2 is 1.69 bits per heavy atom. The van der Waals surface area contributed by atoms with Crippen LogP contribution in [-0.4, -0.2) is 23.7 Å². The van der Waals surface area contributed by atoms with E-state index in [1.54, 1.807) is 18.2 Å². The van der Waals surface area contributed by atoms with Crippen molar-refractivity contribution in [3.63, 3.8) is 0 Å². The van der Waals surface area contributed by atoms with Crippen LogP contribution in [0, 0.1) is 0 Å². The van der Waals surface area contributed by atoms with Gasteiger partial charge in [0.2, 0.25) is 0 Å². The summed E-state index contributed by atoms with van der Waals surface area (Å²) in [6, 6.07) is 20.8. The standard InChI is InChI=1S/C21H18N2O3/c24-21(17-9-10-18-19(14-17)26-13-12-25-18)22-20-8-4-5-11-23(20)15-16-6-2-1-3-7-16/h1-11,14H,12-13,15H2. The molecule has 1 aliphatic rings. The van der Waals surface area contributed by atoms with Crippen molar-refractivity contribution in [1.29, 1.82) is 0 Å². The van der Waals surface area contributed by atoms with Crippen LogP contribution in [0.4, 0.5) is 0 Å². The van der Waals surface area contributed by atoms with Gasteiger partial charge >= 0.3 is 0 Å². The van der Waals surface area contributed by atoms with Crippen LogP contribution in [0.25, 0.3) is 0 Å². The predicted octanol–water partition coefficient (Wildman–Crippen LogP) is 3.05. The molecule has 0 bridgehead atoms. The Morgan fingerprint density at radius 3 is 2.54 bits per heavy atom. The van der Waals surface area contributed by atoms with E-state index in [9.17, 15) is 4.79 Å². The Morgan fingerprint density at radius 1 is 0.923 bits per heavy atom. The fourth-order valence-corrected chi connectivity index (χ4v) is 2.83. The molecule has 1 aliphatic heterocycles. The summed E-state index contributed by atoms with van der Waals surface area (Å²) in [6.07, 6.45) is 1.92. The fraction of sp³-hybridized carbons (Fsp3) is 0.143. The van der Waals surface area contributed by atoms with Gasteiger partial charge in [-0.25, -0.2) is 0 Å². The zero-order chi connectivity index (χ0) is 17.8. The lowest BCUT2D eigenvalue weighted by Gasteiger charge is -2.18. The molecule has 1 amide bonds. The maximum absolute atomic E-state index is 12.6. The predicted molar refractivity (Wildman–Crippen MR) is 97.3 cm³/mol. The summed E-state index contributed by atoms with van der Waals surface area (Å²) in [5, 5.41) is 0. The third-order valence-corrected chi connectivity index (χ3v) is 4.12. The second-order valence-electron chi connectivity index (χ2n) is 5.95. The lowest BCUT2D eigenvalue weighted by atomic mass is 10.2. The molecule has 130 valence electrons. The number of amides is 1. The highest BCUT2D eigenvalue weighted by molar-refractivity contribution is 5.95. The van der Waals surface area contributed by atoms with E-state index in [1.165, 1.54) is 0 Å². The number of carbonyl (C=O) groups excluding carboxylic acids is 1. The molecule has 26 heavy (non-hydrogen) atoms. The molecule has 5 heteroatoms. The first-order chi connectivity index (χ1) is 12.8. The molecule has 4 rings (SSSR count). The summed E-state index contributed by atoms with van der Waals surface area (Å²) in [4.78, 5) is 16.9. The van der Waals surface area contributed by atoms with Gasteiger partial charge in [0.1, 0.15) is 18.7 Å². The van der Waals surface area contributed by atoms with E-state index >= 15 is 0 Å². The molecule has 3 aromatic rings. The van der Waals surface area contributed by atoms with Crippen LogP contribution in [0.1, 0.15) is 15.9 Å². The summed E-state index contributed by atoms with van der Waals surface area (Å²) in [7, 11) is 0. The zero-order valence-electron chi connectivity index (χ0n) is 14.2. The topological polar surface area (TPSA) is 52.8 Å². The van der Waals surface area contributed by atoms with Crippen molar-refractivity contribution in [2.24, 2.45) is 4.99 Å². The molecule has 0 saturated carbocycles. The van der Waals surface area contributed by atoms with Crippen LogP contribution in [0.3, 0.4) is 0 Å². The van der Waals surface area contributed by atoms with Gasteiger partial charge in [0.25, 0.3) is 5.91 Å². The second kappa shape index (κ2) is 7.27. The van der Waals surface area contributed by atoms with Crippen molar-refractivity contribution in [1.82, 2.24) is 4.57 Å². The number of hydrogen-bond donors (Lipinski definition) is 0. The van der Waals surface area contributed by atoms with Gasteiger partial charge in [0, 0.05) is 18.3 Å². The van der Waals surface area contributed by atoms with E-state index in [4.69, 9.17) is 9.47 Å². The molecule has 0 fully saturated rings. The Kier molecular flexibility index (Phi) is 4.51. The van der Waals surface area contributed by atoms with Crippen LogP contribution in [-0.2, 0) is 6.54 Å². The van der Waals surface area contributed by atoms with Crippen molar-refractivity contribution >= 4 is 5.91 Å². The number of rotatable bonds is 3. The first-order valence-electron chi connectivity index (χ1n) is 8.48. The monoisotopic (exact) mass is 346 g/mol. The van der Waals surface area contributed by atoms with E-state index in [0.29, 0.717) is 42.3 Å². The smallest absolute Gasteiger partial charge is 0.279 e. The molecule has 0 N–H and O–H groups in total. The summed E-state index contributed by atoms with van der Waals surface area (Å²) in [5.74, 6) is 0.934. The van der Waals surface area contributed by atoms with E-state index in [2.05, 4.69) is 4.99 Å². The molecule has 5 nitrogen and oxygen atoms in total. The number of carbonyl (C=O) groups is 1. The van der Waals surface area contributed by atoms with E-state index in [0.717, 1.165) is 5.56 Å². The Hall–Kier alpha value is -3.34. The largest absolute Gasteiger partial charge is 0.486 e. The minimum absolute atomic E-state index is 0.310. The van der Waals surface area contributed by atoms with Crippen LogP contribution >= 0.6 is 0 Å². The first-order valence-corrected chi connectivity index (χ1v) is 8.48. The van der Waals surface area contributed by atoms with Gasteiger partial charge < -0.3 is 14.0 Å². The molecule has 0 radical (unpaired) electrons. The first kappa shape index (κ1) is 16.1. The van der Waals surface area contributed by atoms with Crippen LogP contribution in [0.2, 0.25) is 0 Å². The molecule has 2 aromatic carbocycles. The maximum Gasteiger partial charge on any atom is 0.279 e. The SMILES string of the molecule is O=C(N=c1ccccn1Cc1ccccc1)c1ccc2c(c1)OCCO2. The fourth-order valence-electron chi connectivity index (χ4n) is 2.83. The quantitative estimate of drug-likeness (QED) is 0.732. The lowest BCUT2D eigenvalue weighted by Crippen LogP contribution is -2.22. The molecule has 0 saturated heterocycles. The summed E-state index contributed by atoms with van der Waals surface area (Å²) in [6.45, 7) is 1.65. The number of fused-ring (bicyclic) bond motifs is 1. The Bertz CT molecular complexity index is 993. The van der Waals surface area contributed by atoms with Gasteiger partial charge in [-0.2, -0.15) is 4.99 Å². The summed E-state index contributed by atoms with van der Waals surface area (Å²) in [5.41, 5.74) is 2.23. The number of benzene rings is 2. The average molecular weight is 346 g/mol. The highest BCUT2D eigenvalue weighted by Crippen LogP contribution is 2.30. The summed E-state index contributed by atoms with van der Waals surface area (Å²) < 4.78 is 13.0. The highest BCUT2D eigenvalue weighted by Gasteiger charge is 2.14. The third kappa shape index (κ3) is 3.52. The molecule has 0 unspecified atom stereocenters. The number of hydrogen-bond acceptors (Lipinski definition) is 3. The maximum atomic E-state index is 12.6. The molecule has 0 spiro atoms. The molecule has 0 atom stereocenters. The highest BCUT2D eigenvalue weighted by atomic mass is 16.6. The van der Waals surface area contributed by atoms with E-state index in [1.807, 2.05) is 59.3 Å². The second-order valence-corrected chi connectivity index (χ2v) is 5.95. The minimum atomic E-state index is -0.310. The summed E-state index contributed by atoms with van der Waals surface area (Å²) >= 11 is 0. The number of ether oxygens (including phenoxy) is 2. The van der Waals surface area contributed by atoms with Crippen LogP contribution < -0.4 is 15.0 Å². The number of pyridine rings is 1. The van der Waals surface area contributed by atoms with Gasteiger partial charge in [0.15, 0.2) is 11.5 Å². The molecular weight excluding hydrogens is 328 g/mol. The van der Waals surface area contributed by atoms with Gasteiger partial charge in [-0.05, 0) is 35.9 Å². The van der Waals surface area contributed by atoms with Gasteiger partial charge in [-0.15, -0.1) is 0 Å². The Labute approximate surface area is 151 Å². The van der Waals surface area contributed by atoms with Crippen LogP contribution in [0.15, 0.2) is 77.9 Å². The van der Waals surface area contributed by atoms with E-state index in [-0.39, 0.29) is 5.91 Å². The van der Waals surface area contributed by atoms with Crippen LogP contribution in [0.5, 0.6) is 11.5 Å². The normalized spacial score (nSPS) is 13.5. The third-order valence-electron chi connectivity index (χ3n) is 4.12. The lowest BCUT2D eigenvalue weighted by molar-refractivity contribution is 0.0996. The van der Waals surface area contributed by atoms with Crippen molar-refractivity contribution in [3.8, 4) is 11.5 Å². The number of aromatic nitrogens is 1. The minimum Gasteiger partial charge on any atom is -0.486 e. The van der Waals surface area contributed by atoms with Crippen molar-refractivity contribution in [3.05, 3.63) is 89.5 Å². The van der Waals surface area contributed by atoms with Crippen molar-refractivity contribution in [2.45, 2.75) is 6.54 Å². The van der Waals surface area contributed by atoms with Gasteiger partial charge in [-0.1, -0.05) is 36.4 Å². The van der Waals surface area contributed by atoms with Crippen molar-refractivity contribution < 1.29 is 14.3 Å². The van der Waals surface area contributed by atoms with Gasteiger partial charge in [-0.3, -0.25) is 4.79 Å². The Balaban J connectivity index is 1.65. The molecule has 1 aromatic heterocycles. The molecule has 2 heterocycles. The molecular formula is C21H18N2O3.